The molecule has 1 N–H and O–H groups in total. The number of carbonyl (C=O) groups is 1. The van der Waals surface area contributed by atoms with Gasteiger partial charge in [-0.15, -0.1) is 0 Å². The third kappa shape index (κ3) is 16.9. The van der Waals surface area contributed by atoms with Crippen molar-refractivity contribution in [1.29, 1.82) is 0 Å². The van der Waals surface area contributed by atoms with Crippen LogP contribution in [0.4, 0.5) is 0 Å². The van der Waals surface area contributed by atoms with Gasteiger partial charge in [0.2, 0.25) is 5.91 Å². The predicted molar refractivity (Wildman–Crippen MR) is 93.3 cm³/mol. The van der Waals surface area contributed by atoms with Crippen LogP contribution in [0.25, 0.3) is 0 Å². The van der Waals surface area contributed by atoms with E-state index >= 15 is 0 Å². The highest BCUT2D eigenvalue weighted by molar-refractivity contribution is 5.85. The van der Waals surface area contributed by atoms with E-state index in [-0.39, 0.29) is 5.91 Å². The minimum atomic E-state index is -0.215. The van der Waals surface area contributed by atoms with Crippen molar-refractivity contribution in [1.82, 2.24) is 5.32 Å². The molecule has 127 valence electrons. The third-order valence-electron chi connectivity index (χ3n) is 3.86. The summed E-state index contributed by atoms with van der Waals surface area (Å²) in [5.41, 5.74) is 0. The molecule has 0 unspecified atom stereocenters. The van der Waals surface area contributed by atoms with Gasteiger partial charge in [-0.25, -0.2) is 0 Å². The number of amides is 2. The number of imide groups is 1. The van der Waals surface area contributed by atoms with E-state index in [9.17, 15) is 9.59 Å². The second-order valence-electron chi connectivity index (χ2n) is 5.98. The Labute approximate surface area is 136 Å². The van der Waals surface area contributed by atoms with Crippen molar-refractivity contribution in [2.24, 2.45) is 0 Å². The lowest BCUT2D eigenvalue weighted by Gasteiger charge is -2.00. The minimum absolute atomic E-state index is 0.215. The van der Waals surface area contributed by atoms with Crippen molar-refractivity contribution in [2.45, 2.75) is 96.8 Å². The smallest absolute Gasteiger partial charge is 0.288 e. The molecule has 0 aromatic carbocycles. The van der Waals surface area contributed by atoms with Gasteiger partial charge in [-0.3, -0.25) is 14.9 Å². The minimum Gasteiger partial charge on any atom is -0.288 e. The van der Waals surface area contributed by atoms with E-state index in [0.717, 1.165) is 12.8 Å². The van der Waals surface area contributed by atoms with Crippen molar-refractivity contribution in [3.63, 3.8) is 0 Å². The Hall–Kier alpha value is -1.12. The molecule has 22 heavy (non-hydrogen) atoms. The molecule has 2 amide bonds. The molecule has 0 aliphatic carbocycles. The lowest BCUT2D eigenvalue weighted by atomic mass is 10.1. The number of hydrogen-bond donors (Lipinski definition) is 1. The van der Waals surface area contributed by atoms with Crippen molar-refractivity contribution in [2.75, 3.05) is 0 Å². The van der Waals surface area contributed by atoms with Crippen LogP contribution >= 0.6 is 0 Å². The Bertz CT molecular complexity index is 287. The van der Waals surface area contributed by atoms with Crippen LogP contribution < -0.4 is 5.32 Å². The summed E-state index contributed by atoms with van der Waals surface area (Å²) in [4.78, 5) is 20.9. The Kier molecular flexibility index (Phi) is 17.0. The highest BCUT2D eigenvalue weighted by Gasteiger charge is 1.99. The van der Waals surface area contributed by atoms with E-state index in [1.54, 1.807) is 0 Å². The standard InChI is InChI=1S/C19H34NO2/c1-2-3-4-5-6-7-8-9-10-11-12-13-14-15-16-17-19(22)20-18-21/h9-10H,2-8,11-17H2,1H3,(H,20,21,22)/b10-9-. The summed E-state index contributed by atoms with van der Waals surface area (Å²) in [5, 5.41) is 2.04. The fourth-order valence-corrected chi connectivity index (χ4v) is 2.48. The highest BCUT2D eigenvalue weighted by Crippen LogP contribution is 2.09. The SMILES string of the molecule is CCCCCCCC/C=C\CCCCCCCC(=O)N[C]=O. The second kappa shape index (κ2) is 17.9. The van der Waals surface area contributed by atoms with Crippen LogP contribution in [0.15, 0.2) is 12.2 Å². The molecule has 0 saturated heterocycles. The van der Waals surface area contributed by atoms with E-state index in [1.807, 2.05) is 5.32 Å². The first-order chi connectivity index (χ1) is 10.8. The molecule has 0 aromatic rings. The Morgan fingerprint density at radius 1 is 0.818 bits per heavy atom. The fourth-order valence-electron chi connectivity index (χ4n) is 2.48. The van der Waals surface area contributed by atoms with E-state index in [2.05, 4.69) is 19.1 Å². The maximum absolute atomic E-state index is 11.0. The zero-order chi connectivity index (χ0) is 16.3. The van der Waals surface area contributed by atoms with Crippen LogP contribution in [0.2, 0.25) is 0 Å². The second-order valence-corrected chi connectivity index (χ2v) is 5.98. The average Bonchev–Trinajstić information content (AvgIpc) is 2.51. The Balaban J connectivity index is 3.14. The quantitative estimate of drug-likeness (QED) is 0.242. The molecule has 0 spiro atoms. The number of hydrogen-bond acceptors (Lipinski definition) is 2. The van der Waals surface area contributed by atoms with Gasteiger partial charge in [-0.2, -0.15) is 0 Å². The predicted octanol–water partition coefficient (Wildman–Crippen LogP) is 5.21. The van der Waals surface area contributed by atoms with E-state index in [1.165, 1.54) is 77.0 Å². The van der Waals surface area contributed by atoms with Crippen molar-refractivity contribution < 1.29 is 9.59 Å². The summed E-state index contributed by atoms with van der Waals surface area (Å²) in [6.07, 6.45) is 22.7. The van der Waals surface area contributed by atoms with Crippen molar-refractivity contribution >= 4 is 12.3 Å². The zero-order valence-electron chi connectivity index (χ0n) is 14.4. The molecular weight excluding hydrogens is 274 g/mol. The van der Waals surface area contributed by atoms with Crippen molar-refractivity contribution in [3.8, 4) is 0 Å². The first-order valence-corrected chi connectivity index (χ1v) is 9.12. The maximum atomic E-state index is 11.0. The maximum Gasteiger partial charge on any atom is 0.316 e. The topological polar surface area (TPSA) is 46.2 Å². The molecule has 0 heterocycles. The lowest BCUT2D eigenvalue weighted by Crippen LogP contribution is -2.20. The van der Waals surface area contributed by atoms with Crippen LogP contribution in [-0.2, 0) is 9.59 Å². The van der Waals surface area contributed by atoms with E-state index in [0.29, 0.717) is 6.42 Å². The number of carbonyl (C=O) groups excluding carboxylic acids is 2. The molecule has 3 heteroatoms. The number of unbranched alkanes of at least 4 members (excludes halogenated alkanes) is 11. The molecule has 0 aromatic heterocycles. The molecule has 0 saturated carbocycles. The monoisotopic (exact) mass is 308 g/mol. The molecule has 0 aliphatic heterocycles. The average molecular weight is 308 g/mol. The Morgan fingerprint density at radius 3 is 1.86 bits per heavy atom. The van der Waals surface area contributed by atoms with Crippen LogP contribution in [0.5, 0.6) is 0 Å². The molecule has 3 nitrogen and oxygen atoms in total. The van der Waals surface area contributed by atoms with Gasteiger partial charge in [0, 0.05) is 6.42 Å². The first-order valence-electron chi connectivity index (χ1n) is 9.12. The summed E-state index contributed by atoms with van der Waals surface area (Å²) in [7, 11) is 0. The molecule has 0 rings (SSSR count). The fraction of sp³-hybridized carbons (Fsp3) is 0.789. The number of allylic oxidation sites excluding steroid dienone is 2. The summed E-state index contributed by atoms with van der Waals surface area (Å²) in [6.45, 7) is 2.26. The van der Waals surface area contributed by atoms with Crippen LogP contribution in [0.1, 0.15) is 96.8 Å². The third-order valence-corrected chi connectivity index (χ3v) is 3.86. The molecule has 0 aliphatic rings. The Morgan fingerprint density at radius 2 is 1.32 bits per heavy atom. The highest BCUT2D eigenvalue weighted by atomic mass is 16.2. The van der Waals surface area contributed by atoms with Gasteiger partial charge in [-0.1, -0.05) is 70.4 Å². The largest absolute Gasteiger partial charge is 0.316 e. The zero-order valence-corrected chi connectivity index (χ0v) is 14.4. The van der Waals surface area contributed by atoms with Gasteiger partial charge in [0.15, 0.2) is 0 Å². The molecule has 1 radical (unpaired) electrons. The molecule has 0 bridgehead atoms. The molecular formula is C19H34NO2. The van der Waals surface area contributed by atoms with Gasteiger partial charge in [0.25, 0.3) is 0 Å². The lowest BCUT2D eigenvalue weighted by molar-refractivity contribution is -0.119. The van der Waals surface area contributed by atoms with Gasteiger partial charge < -0.3 is 0 Å². The summed E-state index contributed by atoms with van der Waals surface area (Å²) >= 11 is 0. The van der Waals surface area contributed by atoms with E-state index in [4.69, 9.17) is 0 Å². The normalized spacial score (nSPS) is 11.0. The van der Waals surface area contributed by atoms with Gasteiger partial charge in [0.05, 0.1) is 0 Å². The number of nitrogens with one attached hydrogen (secondary N) is 1. The van der Waals surface area contributed by atoms with Gasteiger partial charge >= 0.3 is 6.41 Å². The van der Waals surface area contributed by atoms with Crippen molar-refractivity contribution in [3.05, 3.63) is 12.2 Å². The summed E-state index contributed by atoms with van der Waals surface area (Å²) in [5.74, 6) is -0.215. The molecule has 0 fully saturated rings. The number of rotatable bonds is 16. The van der Waals surface area contributed by atoms with Gasteiger partial charge in [0.1, 0.15) is 0 Å². The van der Waals surface area contributed by atoms with Crippen LogP contribution in [0, 0.1) is 0 Å². The van der Waals surface area contributed by atoms with Crippen LogP contribution in [0.3, 0.4) is 0 Å². The summed E-state index contributed by atoms with van der Waals surface area (Å²) in [6, 6.07) is 0. The first kappa shape index (κ1) is 20.9. The molecule has 0 atom stereocenters. The van der Waals surface area contributed by atoms with Crippen LogP contribution in [-0.4, -0.2) is 12.3 Å². The summed E-state index contributed by atoms with van der Waals surface area (Å²) < 4.78 is 0. The van der Waals surface area contributed by atoms with Gasteiger partial charge in [-0.05, 0) is 32.1 Å². The van der Waals surface area contributed by atoms with E-state index < -0.39 is 0 Å².